The molecule has 1 saturated heterocycles. The predicted octanol–water partition coefficient (Wildman–Crippen LogP) is 2.71. The predicted molar refractivity (Wildman–Crippen MR) is 83.3 cm³/mol. The molecule has 22 heavy (non-hydrogen) atoms. The average Bonchev–Trinajstić information content (AvgIpc) is 3.05. The summed E-state index contributed by atoms with van der Waals surface area (Å²) in [6.07, 6.45) is 4.96. The Morgan fingerprint density at radius 2 is 1.73 bits per heavy atom. The van der Waals surface area contributed by atoms with Gasteiger partial charge in [0.2, 0.25) is 0 Å². The Morgan fingerprint density at radius 1 is 1.09 bits per heavy atom. The zero-order valence-corrected chi connectivity index (χ0v) is 12.9. The van der Waals surface area contributed by atoms with Crippen molar-refractivity contribution in [1.82, 2.24) is 4.90 Å². The normalized spacial score (nSPS) is 21.7. The first-order valence-corrected chi connectivity index (χ1v) is 8.19. The standard InChI is InChI=1S/C18H23NO3/c20-16-8-12-19(13-9-16)18(10-4-5-11-18)17(21)22-14-15-6-2-1-3-7-15/h1-3,6-7H,4-5,8-14H2. The van der Waals surface area contributed by atoms with Gasteiger partial charge in [-0.1, -0.05) is 43.2 Å². The van der Waals surface area contributed by atoms with E-state index in [1.165, 1.54) is 0 Å². The molecule has 1 aliphatic heterocycles. The Hall–Kier alpha value is -1.68. The van der Waals surface area contributed by atoms with Crippen LogP contribution in [-0.2, 0) is 20.9 Å². The van der Waals surface area contributed by atoms with Crippen molar-refractivity contribution >= 4 is 11.8 Å². The SMILES string of the molecule is O=C1CCN(C2(C(=O)OCc3ccccc3)CCCC2)CC1. The van der Waals surface area contributed by atoms with Crippen molar-refractivity contribution < 1.29 is 14.3 Å². The summed E-state index contributed by atoms with van der Waals surface area (Å²) in [5.41, 5.74) is 0.521. The van der Waals surface area contributed by atoms with Gasteiger partial charge in [0.1, 0.15) is 17.9 Å². The van der Waals surface area contributed by atoms with Gasteiger partial charge in [-0.05, 0) is 18.4 Å². The summed E-state index contributed by atoms with van der Waals surface area (Å²) < 4.78 is 5.63. The molecule has 0 unspecified atom stereocenters. The first-order chi connectivity index (χ1) is 10.7. The summed E-state index contributed by atoms with van der Waals surface area (Å²) in [6.45, 7) is 1.72. The van der Waals surface area contributed by atoms with Crippen LogP contribution in [-0.4, -0.2) is 35.3 Å². The second kappa shape index (κ2) is 6.61. The lowest BCUT2D eigenvalue weighted by Gasteiger charge is -2.40. The fourth-order valence-corrected chi connectivity index (χ4v) is 3.65. The molecule has 1 saturated carbocycles. The van der Waals surface area contributed by atoms with E-state index in [-0.39, 0.29) is 5.97 Å². The van der Waals surface area contributed by atoms with Crippen LogP contribution in [0.4, 0.5) is 0 Å². The minimum absolute atomic E-state index is 0.108. The molecule has 1 aromatic carbocycles. The van der Waals surface area contributed by atoms with E-state index in [1.54, 1.807) is 0 Å². The van der Waals surface area contributed by atoms with E-state index < -0.39 is 5.54 Å². The summed E-state index contributed by atoms with van der Waals surface area (Å²) in [5, 5.41) is 0. The molecule has 118 valence electrons. The molecule has 0 aromatic heterocycles. The molecule has 0 spiro atoms. The van der Waals surface area contributed by atoms with Crippen molar-refractivity contribution in [3.8, 4) is 0 Å². The third kappa shape index (κ3) is 3.07. The van der Waals surface area contributed by atoms with Crippen LogP contribution in [0.2, 0.25) is 0 Å². The fourth-order valence-electron chi connectivity index (χ4n) is 3.65. The van der Waals surface area contributed by atoms with E-state index in [4.69, 9.17) is 4.74 Å². The molecule has 1 aromatic rings. The summed E-state index contributed by atoms with van der Waals surface area (Å²) in [4.78, 5) is 26.4. The number of hydrogen-bond acceptors (Lipinski definition) is 4. The minimum Gasteiger partial charge on any atom is -0.459 e. The number of ether oxygens (including phenoxy) is 1. The van der Waals surface area contributed by atoms with Gasteiger partial charge in [-0.3, -0.25) is 14.5 Å². The number of ketones is 1. The topological polar surface area (TPSA) is 46.6 Å². The quantitative estimate of drug-likeness (QED) is 0.802. The Kier molecular flexibility index (Phi) is 4.57. The van der Waals surface area contributed by atoms with Gasteiger partial charge in [0.25, 0.3) is 0 Å². The number of hydrogen-bond donors (Lipinski definition) is 0. The highest BCUT2D eigenvalue weighted by Gasteiger charge is 2.48. The maximum Gasteiger partial charge on any atom is 0.326 e. The minimum atomic E-state index is -0.491. The van der Waals surface area contributed by atoms with Gasteiger partial charge in [0.15, 0.2) is 0 Å². The lowest BCUT2D eigenvalue weighted by Crippen LogP contribution is -2.56. The van der Waals surface area contributed by atoms with Crippen molar-refractivity contribution in [3.05, 3.63) is 35.9 Å². The van der Waals surface area contributed by atoms with Gasteiger partial charge in [-0.15, -0.1) is 0 Å². The second-order valence-electron chi connectivity index (χ2n) is 6.33. The molecule has 0 amide bonds. The van der Waals surface area contributed by atoms with Crippen LogP contribution >= 0.6 is 0 Å². The third-order valence-electron chi connectivity index (χ3n) is 4.95. The number of likely N-dealkylation sites (tertiary alicyclic amines) is 1. The molecular weight excluding hydrogens is 278 g/mol. The van der Waals surface area contributed by atoms with Crippen molar-refractivity contribution in [1.29, 1.82) is 0 Å². The van der Waals surface area contributed by atoms with Crippen LogP contribution in [0.1, 0.15) is 44.1 Å². The molecular formula is C18H23NO3. The van der Waals surface area contributed by atoms with Gasteiger partial charge in [-0.25, -0.2) is 0 Å². The number of benzene rings is 1. The molecule has 1 heterocycles. The van der Waals surface area contributed by atoms with Gasteiger partial charge < -0.3 is 4.74 Å². The van der Waals surface area contributed by atoms with Crippen LogP contribution in [0.15, 0.2) is 30.3 Å². The van der Waals surface area contributed by atoms with Gasteiger partial charge in [0.05, 0.1) is 0 Å². The average molecular weight is 301 g/mol. The monoisotopic (exact) mass is 301 g/mol. The van der Waals surface area contributed by atoms with Crippen LogP contribution in [0.3, 0.4) is 0 Å². The summed E-state index contributed by atoms with van der Waals surface area (Å²) >= 11 is 0. The Balaban J connectivity index is 1.67. The number of carbonyl (C=O) groups is 2. The molecule has 2 aliphatic rings. The van der Waals surface area contributed by atoms with Crippen molar-refractivity contribution in [2.24, 2.45) is 0 Å². The van der Waals surface area contributed by atoms with Crippen LogP contribution in [0, 0.1) is 0 Å². The second-order valence-corrected chi connectivity index (χ2v) is 6.33. The summed E-state index contributed by atoms with van der Waals surface area (Å²) in [6, 6.07) is 9.78. The molecule has 0 bridgehead atoms. The van der Waals surface area contributed by atoms with E-state index in [0.717, 1.165) is 31.2 Å². The lowest BCUT2D eigenvalue weighted by molar-refractivity contribution is -0.161. The smallest absolute Gasteiger partial charge is 0.326 e. The third-order valence-corrected chi connectivity index (χ3v) is 4.95. The van der Waals surface area contributed by atoms with Crippen LogP contribution in [0.25, 0.3) is 0 Å². The maximum absolute atomic E-state index is 12.8. The summed E-state index contributed by atoms with van der Waals surface area (Å²) in [7, 11) is 0. The van der Waals surface area contributed by atoms with Gasteiger partial charge in [0, 0.05) is 25.9 Å². The summed E-state index contributed by atoms with van der Waals surface area (Å²) in [5.74, 6) is 0.199. The first-order valence-electron chi connectivity index (χ1n) is 8.19. The van der Waals surface area contributed by atoms with Crippen molar-refractivity contribution in [3.63, 3.8) is 0 Å². The molecule has 1 aliphatic carbocycles. The van der Waals surface area contributed by atoms with Crippen LogP contribution in [0.5, 0.6) is 0 Å². The molecule has 2 fully saturated rings. The zero-order valence-electron chi connectivity index (χ0n) is 12.9. The Labute approximate surface area is 131 Å². The van der Waals surface area contributed by atoms with Crippen LogP contribution < -0.4 is 0 Å². The molecule has 4 heteroatoms. The maximum atomic E-state index is 12.8. The fraction of sp³-hybridized carbons (Fsp3) is 0.556. The molecule has 0 radical (unpaired) electrons. The Bertz CT molecular complexity index is 525. The van der Waals surface area contributed by atoms with E-state index >= 15 is 0 Å². The highest BCUT2D eigenvalue weighted by Crippen LogP contribution is 2.38. The molecule has 3 rings (SSSR count). The van der Waals surface area contributed by atoms with E-state index in [9.17, 15) is 9.59 Å². The number of rotatable bonds is 4. The van der Waals surface area contributed by atoms with Crippen molar-refractivity contribution in [2.45, 2.75) is 50.7 Å². The lowest BCUT2D eigenvalue weighted by atomic mass is 9.92. The zero-order chi connectivity index (χ0) is 15.4. The van der Waals surface area contributed by atoms with Crippen molar-refractivity contribution in [2.75, 3.05) is 13.1 Å². The highest BCUT2D eigenvalue weighted by atomic mass is 16.5. The van der Waals surface area contributed by atoms with Gasteiger partial charge in [-0.2, -0.15) is 0 Å². The van der Waals surface area contributed by atoms with E-state index in [1.807, 2.05) is 30.3 Å². The first kappa shape index (κ1) is 15.2. The number of nitrogens with zero attached hydrogens (tertiary/aromatic N) is 1. The number of carbonyl (C=O) groups excluding carboxylic acids is 2. The van der Waals surface area contributed by atoms with E-state index in [2.05, 4.69) is 4.90 Å². The largest absolute Gasteiger partial charge is 0.459 e. The number of Topliss-reactive ketones (excluding diaryl/α,β-unsaturated/α-hetero) is 1. The number of esters is 1. The molecule has 0 N–H and O–H groups in total. The highest BCUT2D eigenvalue weighted by molar-refractivity contribution is 5.83. The van der Waals surface area contributed by atoms with Gasteiger partial charge >= 0.3 is 5.97 Å². The molecule has 0 atom stereocenters. The Morgan fingerprint density at radius 3 is 2.36 bits per heavy atom. The van der Waals surface area contributed by atoms with E-state index in [0.29, 0.717) is 38.3 Å². The number of piperidine rings is 1. The molecule has 4 nitrogen and oxygen atoms in total.